The number of hydrogen-bond acceptors (Lipinski definition) is 4. The van der Waals surface area contributed by atoms with Gasteiger partial charge in [-0.25, -0.2) is 0 Å². The van der Waals surface area contributed by atoms with Gasteiger partial charge in [-0.15, -0.1) is 0 Å². The molecule has 6 nitrogen and oxygen atoms in total. The summed E-state index contributed by atoms with van der Waals surface area (Å²) in [5.41, 5.74) is 1.48. The van der Waals surface area contributed by atoms with Gasteiger partial charge in [0.15, 0.2) is 0 Å². The van der Waals surface area contributed by atoms with E-state index in [2.05, 4.69) is 0 Å². The number of rotatable bonds is 8. The van der Waals surface area contributed by atoms with Crippen LogP contribution in [-0.2, 0) is 17.8 Å². The fourth-order valence-electron chi connectivity index (χ4n) is 2.58. The highest BCUT2D eigenvalue weighted by Gasteiger charge is 2.15. The molecule has 0 unspecified atom stereocenters. The molecule has 0 aromatic heterocycles. The third-order valence-electron chi connectivity index (χ3n) is 3.95. The van der Waals surface area contributed by atoms with Crippen molar-refractivity contribution in [2.24, 2.45) is 0 Å². The number of para-hydroxylation sites is 1. The summed E-state index contributed by atoms with van der Waals surface area (Å²) in [6, 6.07) is 11.9. The Morgan fingerprint density at radius 3 is 2.65 bits per heavy atom. The largest absolute Gasteiger partial charge is 0.494 e. The Balaban J connectivity index is 2.00. The van der Waals surface area contributed by atoms with Crippen LogP contribution in [0, 0.1) is 10.1 Å². The van der Waals surface area contributed by atoms with E-state index >= 15 is 0 Å². The molecular formula is C19H21ClN2O4. The molecule has 2 aromatic rings. The number of hydrogen-bond donors (Lipinski definition) is 0. The van der Waals surface area contributed by atoms with Crippen LogP contribution in [0.2, 0.25) is 5.02 Å². The fraction of sp³-hybridized carbons (Fsp3) is 0.316. The second-order valence-electron chi connectivity index (χ2n) is 5.82. The van der Waals surface area contributed by atoms with Gasteiger partial charge in [-0.1, -0.05) is 29.8 Å². The maximum atomic E-state index is 12.4. The number of amides is 1. The first-order valence-corrected chi connectivity index (χ1v) is 8.67. The second-order valence-corrected chi connectivity index (χ2v) is 6.23. The summed E-state index contributed by atoms with van der Waals surface area (Å²) in [6.07, 6.45) is 0.870. The molecule has 0 fully saturated rings. The van der Waals surface area contributed by atoms with Crippen LogP contribution in [0.25, 0.3) is 0 Å². The van der Waals surface area contributed by atoms with E-state index in [-0.39, 0.29) is 18.1 Å². The molecule has 1 amide bonds. The maximum absolute atomic E-state index is 12.4. The van der Waals surface area contributed by atoms with E-state index in [4.69, 9.17) is 16.3 Å². The molecule has 26 heavy (non-hydrogen) atoms. The highest BCUT2D eigenvalue weighted by molar-refractivity contribution is 6.31. The number of benzene rings is 2. The normalized spacial score (nSPS) is 10.4. The van der Waals surface area contributed by atoms with Crippen LogP contribution in [0.15, 0.2) is 42.5 Å². The van der Waals surface area contributed by atoms with E-state index in [0.717, 1.165) is 11.3 Å². The lowest BCUT2D eigenvalue weighted by Gasteiger charge is -2.18. The Hall–Kier alpha value is -2.60. The van der Waals surface area contributed by atoms with E-state index in [1.54, 1.807) is 7.05 Å². The van der Waals surface area contributed by atoms with Crippen LogP contribution in [0.4, 0.5) is 5.69 Å². The van der Waals surface area contributed by atoms with Crippen molar-refractivity contribution in [1.29, 1.82) is 0 Å². The summed E-state index contributed by atoms with van der Waals surface area (Å²) in [5.74, 6) is 0.714. The number of carbonyl (C=O) groups excluding carboxylic acids is 1. The molecule has 0 atom stereocenters. The molecule has 0 bridgehead atoms. The standard InChI is InChI=1S/C19H21ClN2O4/c1-3-26-18-7-5-4-6-14(18)8-11-19(23)21(2)13-15-12-16(22(24)25)9-10-17(15)20/h4-7,9-10,12H,3,8,11,13H2,1-2H3. The molecule has 0 aliphatic carbocycles. The summed E-state index contributed by atoms with van der Waals surface area (Å²) in [4.78, 5) is 24.4. The molecule has 138 valence electrons. The summed E-state index contributed by atoms with van der Waals surface area (Å²) >= 11 is 6.10. The van der Waals surface area contributed by atoms with Gasteiger partial charge < -0.3 is 9.64 Å². The quantitative estimate of drug-likeness (QED) is 0.510. The molecular weight excluding hydrogens is 356 g/mol. The first kappa shape index (κ1) is 19.7. The summed E-state index contributed by atoms with van der Waals surface area (Å²) in [6.45, 7) is 2.70. The van der Waals surface area contributed by atoms with Crippen LogP contribution >= 0.6 is 11.6 Å². The molecule has 0 heterocycles. The van der Waals surface area contributed by atoms with Gasteiger partial charge >= 0.3 is 0 Å². The smallest absolute Gasteiger partial charge is 0.269 e. The van der Waals surface area contributed by atoms with E-state index < -0.39 is 4.92 Å². The number of nitrogens with zero attached hydrogens (tertiary/aromatic N) is 2. The van der Waals surface area contributed by atoms with Crippen LogP contribution in [0.3, 0.4) is 0 Å². The predicted octanol–water partition coefficient (Wildman–Crippen LogP) is 4.24. The van der Waals surface area contributed by atoms with Crippen LogP contribution in [-0.4, -0.2) is 29.4 Å². The van der Waals surface area contributed by atoms with Crippen molar-refractivity contribution in [3.8, 4) is 5.75 Å². The lowest BCUT2D eigenvalue weighted by Crippen LogP contribution is -2.26. The van der Waals surface area contributed by atoms with Crippen molar-refractivity contribution in [3.63, 3.8) is 0 Å². The second kappa shape index (κ2) is 9.20. The van der Waals surface area contributed by atoms with Gasteiger partial charge in [0.25, 0.3) is 5.69 Å². The summed E-state index contributed by atoms with van der Waals surface area (Å²) in [7, 11) is 1.66. The molecule has 0 aliphatic rings. The Bertz CT molecular complexity index is 795. The summed E-state index contributed by atoms with van der Waals surface area (Å²) < 4.78 is 5.57. The van der Waals surface area contributed by atoms with E-state index in [1.165, 1.54) is 23.1 Å². The van der Waals surface area contributed by atoms with Crippen molar-refractivity contribution in [2.45, 2.75) is 26.3 Å². The zero-order chi connectivity index (χ0) is 19.1. The average molecular weight is 377 g/mol. The zero-order valence-electron chi connectivity index (χ0n) is 14.8. The number of halogens is 1. The van der Waals surface area contributed by atoms with Gasteiger partial charge in [-0.3, -0.25) is 14.9 Å². The van der Waals surface area contributed by atoms with E-state index in [0.29, 0.717) is 30.0 Å². The van der Waals surface area contributed by atoms with Crippen LogP contribution in [0.5, 0.6) is 5.75 Å². The molecule has 0 N–H and O–H groups in total. The number of carbonyl (C=O) groups is 1. The number of nitro groups is 1. The Morgan fingerprint density at radius 1 is 1.23 bits per heavy atom. The number of non-ortho nitro benzene ring substituents is 1. The average Bonchev–Trinajstić information content (AvgIpc) is 2.62. The molecule has 0 spiro atoms. The lowest BCUT2D eigenvalue weighted by atomic mass is 10.1. The van der Waals surface area contributed by atoms with Crippen molar-refractivity contribution in [3.05, 3.63) is 68.7 Å². The Kier molecular flexibility index (Phi) is 6.97. The zero-order valence-corrected chi connectivity index (χ0v) is 15.5. The highest BCUT2D eigenvalue weighted by Crippen LogP contribution is 2.24. The van der Waals surface area contributed by atoms with Gasteiger partial charge in [0, 0.05) is 37.2 Å². The van der Waals surface area contributed by atoms with Crippen LogP contribution < -0.4 is 4.74 Å². The minimum Gasteiger partial charge on any atom is -0.494 e. The first-order valence-electron chi connectivity index (χ1n) is 8.29. The molecule has 2 aromatic carbocycles. The van der Waals surface area contributed by atoms with Gasteiger partial charge in [-0.2, -0.15) is 0 Å². The third-order valence-corrected chi connectivity index (χ3v) is 4.32. The molecule has 0 aliphatic heterocycles. The van der Waals surface area contributed by atoms with Crippen molar-refractivity contribution < 1.29 is 14.5 Å². The fourth-order valence-corrected chi connectivity index (χ4v) is 2.76. The van der Waals surface area contributed by atoms with Crippen molar-refractivity contribution in [2.75, 3.05) is 13.7 Å². The van der Waals surface area contributed by atoms with E-state index in [9.17, 15) is 14.9 Å². The van der Waals surface area contributed by atoms with Gasteiger partial charge in [-0.05, 0) is 36.6 Å². The lowest BCUT2D eigenvalue weighted by molar-refractivity contribution is -0.384. The molecule has 0 saturated carbocycles. The maximum Gasteiger partial charge on any atom is 0.269 e. The molecule has 0 saturated heterocycles. The molecule has 2 rings (SSSR count). The van der Waals surface area contributed by atoms with Crippen molar-refractivity contribution >= 4 is 23.2 Å². The SMILES string of the molecule is CCOc1ccccc1CCC(=O)N(C)Cc1cc([N+](=O)[O-])ccc1Cl. The topological polar surface area (TPSA) is 72.7 Å². The highest BCUT2D eigenvalue weighted by atomic mass is 35.5. The van der Waals surface area contributed by atoms with Crippen molar-refractivity contribution in [1.82, 2.24) is 4.90 Å². The first-order chi connectivity index (χ1) is 12.4. The Morgan fingerprint density at radius 2 is 1.96 bits per heavy atom. The van der Waals surface area contributed by atoms with Gasteiger partial charge in [0.2, 0.25) is 5.91 Å². The van der Waals surface area contributed by atoms with E-state index in [1.807, 2.05) is 31.2 Å². The molecule has 7 heteroatoms. The number of ether oxygens (including phenoxy) is 1. The monoisotopic (exact) mass is 376 g/mol. The number of nitro benzene ring substituents is 1. The van der Waals surface area contributed by atoms with Crippen LogP contribution in [0.1, 0.15) is 24.5 Å². The summed E-state index contributed by atoms with van der Waals surface area (Å²) in [5, 5.41) is 11.3. The van der Waals surface area contributed by atoms with Gasteiger partial charge in [0.05, 0.1) is 11.5 Å². The minimum atomic E-state index is -0.480. The third kappa shape index (κ3) is 5.20. The minimum absolute atomic E-state index is 0.0455. The van der Waals surface area contributed by atoms with Gasteiger partial charge in [0.1, 0.15) is 5.75 Å². The molecule has 0 radical (unpaired) electrons. The predicted molar refractivity (Wildman–Crippen MR) is 101 cm³/mol. The number of aryl methyl sites for hydroxylation is 1. The Labute approximate surface area is 157 Å².